The number of hydrogen-bond acceptors (Lipinski definition) is 2. The van der Waals surface area contributed by atoms with Crippen LogP contribution < -0.4 is 5.32 Å². The van der Waals surface area contributed by atoms with Crippen molar-refractivity contribution in [3.63, 3.8) is 0 Å². The van der Waals surface area contributed by atoms with Gasteiger partial charge < -0.3 is 10.4 Å². The van der Waals surface area contributed by atoms with Crippen molar-refractivity contribution in [2.24, 2.45) is 17.3 Å². The predicted octanol–water partition coefficient (Wildman–Crippen LogP) is 1.15. The first-order valence-corrected chi connectivity index (χ1v) is 5.50. The fourth-order valence-electron chi connectivity index (χ4n) is 4.08. The standard InChI is InChI=1S/C11H19NO/c1-10(2)7-5-8(10)11(3-4-13)9(6-7)12-11/h7-9,12-13H,3-6H2,1-2H3/t7-,8-,9+,11-/m1/s1. The predicted molar refractivity (Wildman–Crippen MR) is 51.4 cm³/mol. The van der Waals surface area contributed by atoms with Crippen molar-refractivity contribution >= 4 is 0 Å². The van der Waals surface area contributed by atoms with Crippen LogP contribution in [-0.2, 0) is 0 Å². The molecule has 2 N–H and O–H groups in total. The highest BCUT2D eigenvalue weighted by Gasteiger charge is 2.72. The Balaban J connectivity index is 1.86. The van der Waals surface area contributed by atoms with Gasteiger partial charge in [-0.25, -0.2) is 0 Å². The first-order valence-electron chi connectivity index (χ1n) is 5.50. The van der Waals surface area contributed by atoms with Crippen molar-refractivity contribution in [3.05, 3.63) is 0 Å². The van der Waals surface area contributed by atoms with Crippen LogP contribution in [0.25, 0.3) is 0 Å². The molecule has 0 aromatic carbocycles. The lowest BCUT2D eigenvalue weighted by molar-refractivity contribution is -0.0797. The lowest BCUT2D eigenvalue weighted by atomic mass is 9.45. The third-order valence-electron chi connectivity index (χ3n) is 5.12. The molecular weight excluding hydrogens is 162 g/mol. The van der Waals surface area contributed by atoms with Gasteiger partial charge in [0.15, 0.2) is 0 Å². The van der Waals surface area contributed by atoms with Crippen LogP contribution in [0.4, 0.5) is 0 Å². The van der Waals surface area contributed by atoms with E-state index in [-0.39, 0.29) is 0 Å². The minimum Gasteiger partial charge on any atom is -0.396 e. The Morgan fingerprint density at radius 3 is 2.77 bits per heavy atom. The van der Waals surface area contributed by atoms with Crippen LogP contribution in [0.2, 0.25) is 0 Å². The molecule has 0 radical (unpaired) electrons. The van der Waals surface area contributed by atoms with Crippen LogP contribution in [0.3, 0.4) is 0 Å². The molecule has 4 rings (SSSR count). The van der Waals surface area contributed by atoms with Crippen molar-refractivity contribution in [2.45, 2.75) is 44.7 Å². The molecule has 0 aromatic heterocycles. The second-order valence-electron chi connectivity index (χ2n) is 5.75. The number of rotatable bonds is 2. The highest BCUT2D eigenvalue weighted by Crippen LogP contribution is 2.68. The summed E-state index contributed by atoms with van der Waals surface area (Å²) in [4.78, 5) is 0. The van der Waals surface area contributed by atoms with Crippen LogP contribution in [0.5, 0.6) is 0 Å². The van der Waals surface area contributed by atoms with Gasteiger partial charge in [-0.2, -0.15) is 0 Å². The second kappa shape index (κ2) is 2.12. The van der Waals surface area contributed by atoms with E-state index >= 15 is 0 Å². The molecule has 13 heavy (non-hydrogen) atoms. The molecule has 1 saturated heterocycles. The lowest BCUT2D eigenvalue weighted by Crippen LogP contribution is -2.57. The average molecular weight is 181 g/mol. The number of nitrogens with one attached hydrogen (secondary N) is 1. The largest absolute Gasteiger partial charge is 0.396 e. The smallest absolute Gasteiger partial charge is 0.0449 e. The molecule has 4 aliphatic rings. The summed E-state index contributed by atoms with van der Waals surface area (Å²) >= 11 is 0. The maximum atomic E-state index is 9.08. The van der Waals surface area contributed by atoms with Gasteiger partial charge in [0.25, 0.3) is 0 Å². The highest BCUT2D eigenvalue weighted by molar-refractivity contribution is 5.28. The average Bonchev–Trinajstić information content (AvgIpc) is 2.77. The van der Waals surface area contributed by atoms with Gasteiger partial charge >= 0.3 is 0 Å². The van der Waals surface area contributed by atoms with E-state index in [1.54, 1.807) is 0 Å². The van der Waals surface area contributed by atoms with Gasteiger partial charge in [0.05, 0.1) is 0 Å². The van der Waals surface area contributed by atoms with Crippen molar-refractivity contribution in [1.82, 2.24) is 5.32 Å². The highest BCUT2D eigenvalue weighted by atomic mass is 16.3. The van der Waals surface area contributed by atoms with Gasteiger partial charge in [-0.05, 0) is 36.5 Å². The molecule has 4 fully saturated rings. The molecule has 1 aliphatic heterocycles. The van der Waals surface area contributed by atoms with Crippen LogP contribution in [-0.4, -0.2) is 23.3 Å². The maximum absolute atomic E-state index is 9.08. The third kappa shape index (κ3) is 0.774. The molecule has 2 bridgehead atoms. The summed E-state index contributed by atoms with van der Waals surface area (Å²) in [5, 5.41) is 12.7. The summed E-state index contributed by atoms with van der Waals surface area (Å²) in [5.41, 5.74) is 0.891. The van der Waals surface area contributed by atoms with E-state index in [9.17, 15) is 0 Å². The van der Waals surface area contributed by atoms with Crippen LogP contribution in [0.15, 0.2) is 0 Å². The van der Waals surface area contributed by atoms with Crippen LogP contribution >= 0.6 is 0 Å². The van der Waals surface area contributed by atoms with Crippen LogP contribution in [0, 0.1) is 17.3 Å². The maximum Gasteiger partial charge on any atom is 0.0449 e. The minimum atomic E-state index is 0.348. The molecule has 2 heteroatoms. The molecule has 0 amide bonds. The number of aliphatic hydroxyl groups is 1. The van der Waals surface area contributed by atoms with Gasteiger partial charge in [0.1, 0.15) is 0 Å². The quantitative estimate of drug-likeness (QED) is 0.627. The van der Waals surface area contributed by atoms with Gasteiger partial charge in [0.2, 0.25) is 0 Å². The lowest BCUT2D eigenvalue weighted by Gasteiger charge is -2.59. The Morgan fingerprint density at radius 1 is 1.38 bits per heavy atom. The summed E-state index contributed by atoms with van der Waals surface area (Å²) in [6.07, 6.45) is 3.72. The summed E-state index contributed by atoms with van der Waals surface area (Å²) in [5.74, 6) is 1.78. The fourth-order valence-corrected chi connectivity index (χ4v) is 4.08. The molecule has 0 spiro atoms. The molecule has 4 atom stereocenters. The molecule has 74 valence electrons. The minimum absolute atomic E-state index is 0.348. The molecule has 1 heterocycles. The summed E-state index contributed by atoms with van der Waals surface area (Å²) in [7, 11) is 0. The monoisotopic (exact) mass is 181 g/mol. The third-order valence-corrected chi connectivity index (χ3v) is 5.12. The van der Waals surface area contributed by atoms with Gasteiger partial charge in [-0.15, -0.1) is 0 Å². The molecular formula is C11H19NO. The van der Waals surface area contributed by atoms with Gasteiger partial charge in [-0.3, -0.25) is 0 Å². The molecule has 2 nitrogen and oxygen atoms in total. The molecule has 0 aromatic rings. The van der Waals surface area contributed by atoms with Crippen molar-refractivity contribution in [3.8, 4) is 0 Å². The number of aliphatic hydroxyl groups excluding tert-OH is 1. The second-order valence-corrected chi connectivity index (χ2v) is 5.75. The Morgan fingerprint density at radius 2 is 2.15 bits per heavy atom. The first kappa shape index (κ1) is 8.25. The zero-order valence-electron chi connectivity index (χ0n) is 8.51. The topological polar surface area (TPSA) is 42.2 Å². The summed E-state index contributed by atoms with van der Waals surface area (Å²) in [6, 6.07) is 0.747. The van der Waals surface area contributed by atoms with Crippen LogP contribution in [0.1, 0.15) is 33.1 Å². The van der Waals surface area contributed by atoms with Crippen molar-refractivity contribution in [2.75, 3.05) is 6.61 Å². The number of hydrogen-bond donors (Lipinski definition) is 2. The Bertz CT molecular complexity index is 250. The van der Waals surface area contributed by atoms with E-state index in [0.717, 1.165) is 24.3 Å². The van der Waals surface area contributed by atoms with Crippen molar-refractivity contribution < 1.29 is 5.11 Å². The van der Waals surface area contributed by atoms with Gasteiger partial charge in [-0.1, -0.05) is 13.8 Å². The van der Waals surface area contributed by atoms with E-state index < -0.39 is 0 Å². The van der Waals surface area contributed by atoms with E-state index in [4.69, 9.17) is 5.11 Å². The van der Waals surface area contributed by atoms with Crippen molar-refractivity contribution in [1.29, 1.82) is 0 Å². The Labute approximate surface area is 79.7 Å². The summed E-state index contributed by atoms with van der Waals surface area (Å²) in [6.45, 7) is 5.16. The van der Waals surface area contributed by atoms with Gasteiger partial charge in [0, 0.05) is 18.2 Å². The van der Waals surface area contributed by atoms with E-state index in [2.05, 4.69) is 19.2 Å². The van der Waals surface area contributed by atoms with E-state index in [0.29, 0.717) is 17.6 Å². The SMILES string of the molecule is CC1(C)[C@H]2C[C@@H]3N[C@]3(CCO)[C@@H]1C2. The van der Waals surface area contributed by atoms with E-state index in [1.807, 2.05) is 0 Å². The zero-order valence-corrected chi connectivity index (χ0v) is 8.51. The normalized spacial score (nSPS) is 55.2. The fraction of sp³-hybridized carbons (Fsp3) is 1.00. The molecule has 0 unspecified atom stereocenters. The first-order chi connectivity index (χ1) is 6.11. The Hall–Kier alpha value is -0.0800. The summed E-state index contributed by atoms with van der Waals surface area (Å²) < 4.78 is 0. The zero-order chi connectivity index (χ0) is 9.27. The van der Waals surface area contributed by atoms with E-state index in [1.165, 1.54) is 12.8 Å². The molecule has 3 saturated carbocycles. The Kier molecular flexibility index (Phi) is 1.34. The molecule has 3 aliphatic carbocycles.